The number of benzene rings is 1. The van der Waals surface area contributed by atoms with E-state index < -0.39 is 0 Å². The van der Waals surface area contributed by atoms with Crippen LogP contribution >= 0.6 is 0 Å². The molecule has 2 aromatic rings. The first-order valence-electron chi connectivity index (χ1n) is 8.40. The zero-order valence-electron chi connectivity index (χ0n) is 14.4. The molecule has 1 aliphatic heterocycles. The van der Waals surface area contributed by atoms with Crippen molar-refractivity contribution in [3.63, 3.8) is 0 Å². The lowest BCUT2D eigenvalue weighted by molar-refractivity contribution is 0.162. The zero-order valence-corrected chi connectivity index (χ0v) is 14.4. The number of halogens is 1. The van der Waals surface area contributed by atoms with Crippen molar-refractivity contribution in [1.82, 2.24) is 25.0 Å². The van der Waals surface area contributed by atoms with E-state index in [4.69, 9.17) is 4.74 Å². The molecule has 0 unspecified atom stereocenters. The second kappa shape index (κ2) is 7.50. The Bertz CT molecular complexity index is 748. The molecule has 1 aliphatic rings. The number of aromatic nitrogens is 3. The van der Waals surface area contributed by atoms with Crippen LogP contribution in [0.4, 0.5) is 9.18 Å². The molecule has 0 radical (unpaired) electrons. The Morgan fingerprint density at radius 1 is 1.44 bits per heavy atom. The van der Waals surface area contributed by atoms with Crippen molar-refractivity contribution >= 4 is 6.03 Å². The molecule has 0 aliphatic carbocycles. The second-order valence-corrected chi connectivity index (χ2v) is 6.01. The van der Waals surface area contributed by atoms with Gasteiger partial charge in [-0.3, -0.25) is 0 Å². The van der Waals surface area contributed by atoms with Gasteiger partial charge in [-0.25, -0.2) is 18.9 Å². The van der Waals surface area contributed by atoms with Crippen molar-refractivity contribution in [3.05, 3.63) is 41.7 Å². The Morgan fingerprint density at radius 3 is 3.04 bits per heavy atom. The molecule has 1 aromatic heterocycles. The molecule has 134 valence electrons. The third-order valence-corrected chi connectivity index (χ3v) is 4.09. The van der Waals surface area contributed by atoms with Gasteiger partial charge in [0.15, 0.2) is 0 Å². The number of nitrogens with zero attached hydrogens (tertiary/aromatic N) is 4. The highest BCUT2D eigenvalue weighted by Gasteiger charge is 2.23. The molecule has 3 rings (SSSR count). The summed E-state index contributed by atoms with van der Waals surface area (Å²) < 4.78 is 20.8. The summed E-state index contributed by atoms with van der Waals surface area (Å²) in [5, 5.41) is 7.17. The summed E-state index contributed by atoms with van der Waals surface area (Å²) in [6, 6.07) is 5.85. The van der Waals surface area contributed by atoms with Crippen LogP contribution in [-0.2, 0) is 13.1 Å². The normalized spacial score (nSPS) is 14.8. The number of nitrogens with one attached hydrogen (secondary N) is 1. The van der Waals surface area contributed by atoms with Crippen LogP contribution in [0.2, 0.25) is 0 Å². The van der Waals surface area contributed by atoms with Gasteiger partial charge in [0.25, 0.3) is 0 Å². The van der Waals surface area contributed by atoms with Crippen LogP contribution < -0.4 is 10.1 Å². The van der Waals surface area contributed by atoms with E-state index in [1.807, 2.05) is 18.5 Å². The van der Waals surface area contributed by atoms with Gasteiger partial charge in [-0.05, 0) is 25.5 Å². The second-order valence-electron chi connectivity index (χ2n) is 6.01. The molecule has 0 spiro atoms. The van der Waals surface area contributed by atoms with E-state index in [1.54, 1.807) is 17.0 Å². The number of hydrogen-bond acceptors (Lipinski definition) is 4. The Morgan fingerprint density at radius 2 is 2.28 bits per heavy atom. The first-order valence-corrected chi connectivity index (χ1v) is 8.40. The highest BCUT2D eigenvalue weighted by Crippen LogP contribution is 2.15. The summed E-state index contributed by atoms with van der Waals surface area (Å²) in [6.45, 7) is 5.82. The largest absolute Gasteiger partial charge is 0.489 e. The van der Waals surface area contributed by atoms with Crippen molar-refractivity contribution < 1.29 is 13.9 Å². The van der Waals surface area contributed by atoms with Crippen LogP contribution in [0.25, 0.3) is 0 Å². The molecule has 0 saturated carbocycles. The zero-order chi connectivity index (χ0) is 17.8. The smallest absolute Gasteiger partial charge is 0.318 e. The minimum Gasteiger partial charge on any atom is -0.489 e. The number of urea groups is 1. The average molecular weight is 347 g/mol. The Balaban J connectivity index is 1.52. The lowest BCUT2D eigenvalue weighted by Crippen LogP contribution is -2.47. The molecule has 25 heavy (non-hydrogen) atoms. The topological polar surface area (TPSA) is 72.3 Å². The summed E-state index contributed by atoms with van der Waals surface area (Å²) in [6.07, 6.45) is 0.478. The number of carbonyl (C=O) groups excluding carboxylic acids is 1. The lowest BCUT2D eigenvalue weighted by atomic mass is 10.2. The SMILES string of the molecule is CC[C@@H](CNC(=O)N1CCn2nc(C)nc2C1)Oc1cccc(F)c1. The van der Waals surface area contributed by atoms with E-state index in [9.17, 15) is 9.18 Å². The predicted octanol–water partition coefficient (Wildman–Crippen LogP) is 2.11. The van der Waals surface area contributed by atoms with Crippen molar-refractivity contribution in [1.29, 1.82) is 0 Å². The van der Waals surface area contributed by atoms with Gasteiger partial charge in [0.2, 0.25) is 0 Å². The third kappa shape index (κ3) is 4.26. The molecule has 2 amide bonds. The fourth-order valence-corrected chi connectivity index (χ4v) is 2.75. The number of aryl methyl sites for hydroxylation is 1. The average Bonchev–Trinajstić information content (AvgIpc) is 2.97. The van der Waals surface area contributed by atoms with E-state index in [2.05, 4.69) is 15.4 Å². The molecule has 0 bridgehead atoms. The summed E-state index contributed by atoms with van der Waals surface area (Å²) >= 11 is 0. The number of carbonyl (C=O) groups is 1. The molecular weight excluding hydrogens is 325 g/mol. The van der Waals surface area contributed by atoms with Gasteiger partial charge < -0.3 is 15.0 Å². The van der Waals surface area contributed by atoms with E-state index in [0.29, 0.717) is 44.2 Å². The fourth-order valence-electron chi connectivity index (χ4n) is 2.75. The van der Waals surface area contributed by atoms with Crippen LogP contribution in [0.3, 0.4) is 0 Å². The van der Waals surface area contributed by atoms with E-state index in [-0.39, 0.29) is 18.0 Å². The number of ether oxygens (including phenoxy) is 1. The first-order chi connectivity index (χ1) is 12.0. The number of rotatable bonds is 5. The standard InChI is InChI=1S/C17H22FN5O2/c1-3-14(25-15-6-4-5-13(18)9-15)10-19-17(24)22-7-8-23-16(11-22)20-12(2)21-23/h4-6,9,14H,3,7-8,10-11H2,1-2H3,(H,19,24)/t14-/m0/s1. The van der Waals surface area contributed by atoms with Crippen molar-refractivity contribution in [3.8, 4) is 5.75 Å². The molecule has 1 atom stereocenters. The fraction of sp³-hybridized carbons (Fsp3) is 0.471. The number of hydrogen-bond donors (Lipinski definition) is 1. The van der Waals surface area contributed by atoms with E-state index in [1.165, 1.54) is 12.1 Å². The van der Waals surface area contributed by atoms with Crippen LogP contribution in [0, 0.1) is 12.7 Å². The highest BCUT2D eigenvalue weighted by molar-refractivity contribution is 5.74. The van der Waals surface area contributed by atoms with Crippen molar-refractivity contribution in [2.45, 2.75) is 39.5 Å². The summed E-state index contributed by atoms with van der Waals surface area (Å²) in [4.78, 5) is 18.4. The van der Waals surface area contributed by atoms with Gasteiger partial charge in [0.1, 0.15) is 29.3 Å². The van der Waals surface area contributed by atoms with Crippen LogP contribution in [-0.4, -0.2) is 44.9 Å². The third-order valence-electron chi connectivity index (χ3n) is 4.09. The number of fused-ring (bicyclic) bond motifs is 1. The molecule has 0 saturated heterocycles. The predicted molar refractivity (Wildman–Crippen MR) is 89.7 cm³/mol. The van der Waals surface area contributed by atoms with Gasteiger partial charge in [-0.1, -0.05) is 13.0 Å². The van der Waals surface area contributed by atoms with E-state index >= 15 is 0 Å². The van der Waals surface area contributed by atoms with Gasteiger partial charge in [-0.15, -0.1) is 0 Å². The van der Waals surface area contributed by atoms with Crippen molar-refractivity contribution in [2.75, 3.05) is 13.1 Å². The Hall–Kier alpha value is -2.64. The van der Waals surface area contributed by atoms with Gasteiger partial charge in [0, 0.05) is 12.6 Å². The molecular formula is C17H22FN5O2. The lowest BCUT2D eigenvalue weighted by Gasteiger charge is -2.27. The summed E-state index contributed by atoms with van der Waals surface area (Å²) in [5.41, 5.74) is 0. The van der Waals surface area contributed by atoms with Crippen LogP contribution in [0.15, 0.2) is 24.3 Å². The summed E-state index contributed by atoms with van der Waals surface area (Å²) in [7, 11) is 0. The molecule has 2 heterocycles. The Labute approximate surface area is 145 Å². The van der Waals surface area contributed by atoms with E-state index in [0.717, 1.165) is 5.82 Å². The molecule has 8 heteroatoms. The highest BCUT2D eigenvalue weighted by atomic mass is 19.1. The molecule has 1 N–H and O–H groups in total. The Kier molecular flexibility index (Phi) is 5.16. The van der Waals surface area contributed by atoms with Gasteiger partial charge >= 0.3 is 6.03 Å². The summed E-state index contributed by atoms with van der Waals surface area (Å²) in [5.74, 6) is 1.63. The molecule has 0 fully saturated rings. The quantitative estimate of drug-likeness (QED) is 0.899. The minimum atomic E-state index is -0.343. The van der Waals surface area contributed by atoms with Crippen LogP contribution in [0.5, 0.6) is 5.75 Å². The van der Waals surface area contributed by atoms with Gasteiger partial charge in [0.05, 0.1) is 19.6 Å². The maximum Gasteiger partial charge on any atom is 0.318 e. The van der Waals surface area contributed by atoms with Crippen LogP contribution in [0.1, 0.15) is 25.0 Å². The molecule has 7 nitrogen and oxygen atoms in total. The maximum atomic E-state index is 13.2. The maximum absolute atomic E-state index is 13.2. The van der Waals surface area contributed by atoms with Gasteiger partial charge in [-0.2, -0.15) is 5.10 Å². The first kappa shape index (κ1) is 17.2. The minimum absolute atomic E-state index is 0.159. The molecule has 1 aromatic carbocycles. The van der Waals surface area contributed by atoms with Crippen molar-refractivity contribution in [2.24, 2.45) is 0 Å². The number of amides is 2. The monoisotopic (exact) mass is 347 g/mol.